The summed E-state index contributed by atoms with van der Waals surface area (Å²) in [4.78, 5) is 24.4. The normalized spacial score (nSPS) is 10.6. The van der Waals surface area contributed by atoms with Crippen LogP contribution >= 0.6 is 11.6 Å². The number of carbonyl (C=O) groups is 1. The standard InChI is InChI=1S/C15H9ClFN3O2/c16-8-1-6-12-11(7-8)14(21)13(20-19-12)15(22)18-10-4-2-9(17)3-5-10/h1-7H,(H,18,22)(H,19,21). The summed E-state index contributed by atoms with van der Waals surface area (Å²) in [5.41, 5.74) is 0.0153. The lowest BCUT2D eigenvalue weighted by atomic mass is 10.2. The lowest BCUT2D eigenvalue weighted by molar-refractivity contribution is 0.102. The third-order valence-electron chi connectivity index (χ3n) is 3.05. The number of nitrogens with zero attached hydrogens (tertiary/aromatic N) is 1. The van der Waals surface area contributed by atoms with E-state index < -0.39 is 17.2 Å². The molecule has 0 fully saturated rings. The fraction of sp³-hybridized carbons (Fsp3) is 0. The van der Waals surface area contributed by atoms with Crippen molar-refractivity contribution in [2.75, 3.05) is 5.32 Å². The molecule has 3 aromatic rings. The highest BCUT2D eigenvalue weighted by atomic mass is 35.5. The van der Waals surface area contributed by atoms with Crippen LogP contribution in [-0.4, -0.2) is 16.1 Å². The first kappa shape index (κ1) is 14.2. The Morgan fingerprint density at radius 1 is 1.18 bits per heavy atom. The van der Waals surface area contributed by atoms with E-state index in [4.69, 9.17) is 11.6 Å². The van der Waals surface area contributed by atoms with Gasteiger partial charge in [-0.15, -0.1) is 0 Å². The topological polar surface area (TPSA) is 74.8 Å². The van der Waals surface area contributed by atoms with E-state index in [1.54, 1.807) is 12.1 Å². The number of hydrogen-bond acceptors (Lipinski definition) is 3. The van der Waals surface area contributed by atoms with Crippen LogP contribution in [0, 0.1) is 5.82 Å². The maximum atomic E-state index is 12.8. The highest BCUT2D eigenvalue weighted by Gasteiger charge is 2.15. The molecule has 0 atom stereocenters. The number of carbonyl (C=O) groups excluding carboxylic acids is 1. The Morgan fingerprint density at radius 3 is 2.64 bits per heavy atom. The second kappa shape index (κ2) is 5.57. The van der Waals surface area contributed by atoms with E-state index in [0.29, 0.717) is 16.2 Å². The van der Waals surface area contributed by atoms with Gasteiger partial charge in [-0.1, -0.05) is 11.6 Å². The summed E-state index contributed by atoms with van der Waals surface area (Å²) >= 11 is 5.86. The maximum absolute atomic E-state index is 12.8. The first-order valence-corrected chi connectivity index (χ1v) is 6.67. The molecule has 5 nitrogen and oxygen atoms in total. The smallest absolute Gasteiger partial charge is 0.280 e. The molecule has 0 saturated heterocycles. The molecule has 0 radical (unpaired) electrons. The molecule has 1 aromatic heterocycles. The van der Waals surface area contributed by atoms with E-state index in [9.17, 15) is 14.0 Å². The van der Waals surface area contributed by atoms with Crippen molar-refractivity contribution in [2.24, 2.45) is 0 Å². The Balaban J connectivity index is 1.99. The van der Waals surface area contributed by atoms with Gasteiger partial charge in [-0.25, -0.2) is 4.39 Å². The van der Waals surface area contributed by atoms with Crippen LogP contribution in [-0.2, 0) is 0 Å². The molecule has 3 rings (SSSR count). The number of H-pyrrole nitrogens is 1. The fourth-order valence-electron chi connectivity index (χ4n) is 1.97. The number of amides is 1. The molecular weight excluding hydrogens is 309 g/mol. The molecule has 110 valence electrons. The third-order valence-corrected chi connectivity index (χ3v) is 3.28. The molecule has 2 aromatic carbocycles. The number of nitrogens with one attached hydrogen (secondary N) is 2. The van der Waals surface area contributed by atoms with E-state index in [-0.39, 0.29) is 11.1 Å². The van der Waals surface area contributed by atoms with Crippen molar-refractivity contribution in [1.29, 1.82) is 0 Å². The summed E-state index contributed by atoms with van der Waals surface area (Å²) in [5.74, 6) is -1.11. The number of halogens is 2. The van der Waals surface area contributed by atoms with Crippen molar-refractivity contribution in [1.82, 2.24) is 10.2 Å². The van der Waals surface area contributed by atoms with Crippen molar-refractivity contribution in [3.05, 3.63) is 69.2 Å². The number of rotatable bonds is 2. The number of fused-ring (bicyclic) bond motifs is 1. The van der Waals surface area contributed by atoms with Crippen LogP contribution in [0.25, 0.3) is 10.9 Å². The monoisotopic (exact) mass is 317 g/mol. The van der Waals surface area contributed by atoms with Gasteiger partial charge in [0.05, 0.1) is 10.9 Å². The molecule has 0 aliphatic heterocycles. The average Bonchev–Trinajstić information content (AvgIpc) is 2.50. The summed E-state index contributed by atoms with van der Waals surface area (Å²) in [6.45, 7) is 0. The predicted octanol–water partition coefficient (Wildman–Crippen LogP) is 2.97. The van der Waals surface area contributed by atoms with Gasteiger partial charge in [0, 0.05) is 10.7 Å². The van der Waals surface area contributed by atoms with Gasteiger partial charge in [0.2, 0.25) is 5.43 Å². The van der Waals surface area contributed by atoms with Crippen LogP contribution in [0.1, 0.15) is 10.5 Å². The van der Waals surface area contributed by atoms with Crippen molar-refractivity contribution in [2.45, 2.75) is 0 Å². The molecular formula is C15H9ClFN3O2. The number of benzene rings is 2. The minimum absolute atomic E-state index is 0.270. The molecule has 0 spiro atoms. The Hall–Kier alpha value is -2.73. The van der Waals surface area contributed by atoms with Gasteiger partial charge >= 0.3 is 0 Å². The van der Waals surface area contributed by atoms with E-state index in [0.717, 1.165) is 0 Å². The second-order valence-corrected chi connectivity index (χ2v) is 4.99. The van der Waals surface area contributed by atoms with Gasteiger partial charge in [0.15, 0.2) is 5.69 Å². The van der Waals surface area contributed by atoms with Gasteiger partial charge in [-0.2, -0.15) is 5.10 Å². The highest BCUT2D eigenvalue weighted by molar-refractivity contribution is 6.31. The first-order valence-electron chi connectivity index (χ1n) is 6.29. The molecule has 22 heavy (non-hydrogen) atoms. The van der Waals surface area contributed by atoms with Crippen molar-refractivity contribution >= 4 is 34.1 Å². The first-order chi connectivity index (χ1) is 10.5. The summed E-state index contributed by atoms with van der Waals surface area (Å²) in [6, 6.07) is 9.86. The number of aromatic nitrogens is 2. The Labute approximate surface area is 128 Å². The molecule has 1 heterocycles. The molecule has 0 saturated carbocycles. The molecule has 0 aliphatic carbocycles. The molecule has 1 amide bonds. The molecule has 0 bridgehead atoms. The summed E-state index contributed by atoms with van der Waals surface area (Å²) in [5, 5.41) is 9.55. The van der Waals surface area contributed by atoms with E-state index in [2.05, 4.69) is 15.5 Å². The fourth-order valence-corrected chi connectivity index (χ4v) is 2.15. The Bertz CT molecular complexity index is 922. The van der Waals surface area contributed by atoms with Crippen LogP contribution in [0.4, 0.5) is 10.1 Å². The van der Waals surface area contributed by atoms with Crippen molar-refractivity contribution < 1.29 is 9.18 Å². The Kier molecular flexibility index (Phi) is 3.60. The number of hydrogen-bond donors (Lipinski definition) is 2. The maximum Gasteiger partial charge on any atom is 0.280 e. The SMILES string of the molecule is O=C(Nc1ccc(F)cc1)c1n[nH]c2ccc(Cl)cc2c1=O. The van der Waals surface area contributed by atoms with Crippen LogP contribution in [0.5, 0.6) is 0 Å². The van der Waals surface area contributed by atoms with Crippen LogP contribution in [0.15, 0.2) is 47.3 Å². The number of anilines is 1. The second-order valence-electron chi connectivity index (χ2n) is 4.55. The lowest BCUT2D eigenvalue weighted by Crippen LogP contribution is -2.24. The quantitative estimate of drug-likeness (QED) is 0.763. The van der Waals surface area contributed by atoms with E-state index >= 15 is 0 Å². The van der Waals surface area contributed by atoms with Gasteiger partial charge in [-0.05, 0) is 42.5 Å². The third kappa shape index (κ3) is 2.68. The largest absolute Gasteiger partial charge is 0.320 e. The minimum Gasteiger partial charge on any atom is -0.320 e. The van der Waals surface area contributed by atoms with Crippen LogP contribution < -0.4 is 10.7 Å². The van der Waals surface area contributed by atoms with Gasteiger partial charge < -0.3 is 5.32 Å². The predicted molar refractivity (Wildman–Crippen MR) is 81.7 cm³/mol. The zero-order valence-corrected chi connectivity index (χ0v) is 11.8. The summed E-state index contributed by atoms with van der Waals surface area (Å²) in [7, 11) is 0. The van der Waals surface area contributed by atoms with Crippen LogP contribution in [0.2, 0.25) is 5.02 Å². The molecule has 2 N–H and O–H groups in total. The van der Waals surface area contributed by atoms with Gasteiger partial charge in [0.1, 0.15) is 5.82 Å². The summed E-state index contributed by atoms with van der Waals surface area (Å²) < 4.78 is 12.8. The average molecular weight is 318 g/mol. The molecule has 7 heteroatoms. The summed E-state index contributed by atoms with van der Waals surface area (Å²) in [6.07, 6.45) is 0. The highest BCUT2D eigenvalue weighted by Crippen LogP contribution is 2.15. The zero-order chi connectivity index (χ0) is 15.7. The zero-order valence-electron chi connectivity index (χ0n) is 11.1. The van der Waals surface area contributed by atoms with Gasteiger partial charge in [-0.3, -0.25) is 14.7 Å². The number of aromatic amines is 1. The lowest BCUT2D eigenvalue weighted by Gasteiger charge is -2.05. The van der Waals surface area contributed by atoms with E-state index in [1.165, 1.54) is 30.3 Å². The van der Waals surface area contributed by atoms with E-state index in [1.807, 2.05) is 0 Å². The van der Waals surface area contributed by atoms with Crippen molar-refractivity contribution in [3.63, 3.8) is 0 Å². The molecule has 0 aliphatic rings. The molecule has 0 unspecified atom stereocenters. The van der Waals surface area contributed by atoms with Gasteiger partial charge in [0.25, 0.3) is 5.91 Å². The van der Waals surface area contributed by atoms with Crippen molar-refractivity contribution in [3.8, 4) is 0 Å². The minimum atomic E-state index is -0.685. The Morgan fingerprint density at radius 2 is 1.91 bits per heavy atom. The van der Waals surface area contributed by atoms with Crippen LogP contribution in [0.3, 0.4) is 0 Å².